The fraction of sp³-hybridized carbons (Fsp3) is 0.154. The van der Waals surface area contributed by atoms with Gasteiger partial charge in [-0.2, -0.15) is 10.2 Å². The Hall–Kier alpha value is -2.01. The van der Waals surface area contributed by atoms with Crippen LogP contribution in [0.5, 0.6) is 0 Å². The molecule has 1 atom stereocenters. The molecule has 0 spiro atoms. The minimum absolute atomic E-state index is 0.164. The van der Waals surface area contributed by atoms with Gasteiger partial charge in [-0.05, 0) is 13.0 Å². The summed E-state index contributed by atoms with van der Waals surface area (Å²) in [6.07, 6.45) is 3.58. The molecule has 2 aromatic heterocycles. The van der Waals surface area contributed by atoms with Gasteiger partial charge in [0.05, 0.1) is 23.4 Å². The number of fused-ring (bicyclic) bond motifs is 1. The van der Waals surface area contributed by atoms with Crippen LogP contribution in [0.4, 0.5) is 5.69 Å². The fourth-order valence-electron chi connectivity index (χ4n) is 1.87. The van der Waals surface area contributed by atoms with E-state index in [2.05, 4.69) is 27.4 Å². The smallest absolute Gasteiger partial charge is 0.115 e. The maximum Gasteiger partial charge on any atom is 0.115 e. The molecule has 0 bridgehead atoms. The number of nitrogens with zero attached hydrogens (tertiary/aromatic N) is 3. The molecule has 0 aliphatic carbocycles. The fourth-order valence-corrected chi connectivity index (χ4v) is 2.51. The summed E-state index contributed by atoms with van der Waals surface area (Å²) >= 11 is 1.65. The van der Waals surface area contributed by atoms with Crippen LogP contribution in [0.2, 0.25) is 0 Å². The van der Waals surface area contributed by atoms with Crippen LogP contribution in [0.15, 0.2) is 42.0 Å². The highest BCUT2D eigenvalue weighted by Crippen LogP contribution is 2.25. The van der Waals surface area contributed by atoms with Crippen molar-refractivity contribution in [3.8, 4) is 0 Å². The molecule has 1 N–H and O–H groups in total. The number of anilines is 1. The zero-order valence-corrected chi connectivity index (χ0v) is 10.7. The lowest BCUT2D eigenvalue weighted by molar-refractivity contribution is 0.868. The normalized spacial score (nSPS) is 12.5. The predicted molar refractivity (Wildman–Crippen MR) is 73.7 cm³/mol. The van der Waals surface area contributed by atoms with Crippen LogP contribution in [0.3, 0.4) is 0 Å². The van der Waals surface area contributed by atoms with Gasteiger partial charge in [0.25, 0.3) is 0 Å². The third-order valence-electron chi connectivity index (χ3n) is 2.74. The van der Waals surface area contributed by atoms with Gasteiger partial charge in [0.1, 0.15) is 5.01 Å². The molecule has 0 fully saturated rings. The quantitative estimate of drug-likeness (QED) is 0.781. The van der Waals surface area contributed by atoms with Gasteiger partial charge in [-0.1, -0.05) is 18.2 Å². The lowest BCUT2D eigenvalue weighted by atomic mass is 10.2. The highest BCUT2D eigenvalue weighted by atomic mass is 32.1. The third kappa shape index (κ3) is 2.04. The molecule has 18 heavy (non-hydrogen) atoms. The van der Waals surface area contributed by atoms with E-state index >= 15 is 0 Å². The van der Waals surface area contributed by atoms with Gasteiger partial charge in [-0.3, -0.25) is 0 Å². The Morgan fingerprint density at radius 2 is 2.17 bits per heavy atom. The Kier molecular flexibility index (Phi) is 2.90. The standard InChI is InChI=1S/C13H12N4S/c1-9(13-14-6-7-18-13)16-12-8-15-17-11-5-3-2-4-10(11)12/h2-9H,1H3,(H,16,17). The summed E-state index contributed by atoms with van der Waals surface area (Å²) in [5.74, 6) is 0. The molecule has 1 unspecified atom stereocenters. The Bertz CT molecular complexity index is 646. The molecule has 0 saturated carbocycles. The number of thiazole rings is 1. The highest BCUT2D eigenvalue weighted by molar-refractivity contribution is 7.09. The van der Waals surface area contributed by atoms with Crippen molar-refractivity contribution in [3.05, 3.63) is 47.0 Å². The van der Waals surface area contributed by atoms with Crippen molar-refractivity contribution in [2.45, 2.75) is 13.0 Å². The van der Waals surface area contributed by atoms with Gasteiger partial charge in [-0.15, -0.1) is 11.3 Å². The molecule has 3 aromatic rings. The predicted octanol–water partition coefficient (Wildman–Crippen LogP) is 3.26. The number of nitrogens with one attached hydrogen (secondary N) is 1. The second-order valence-corrected chi connectivity index (χ2v) is 4.94. The average molecular weight is 256 g/mol. The monoisotopic (exact) mass is 256 g/mol. The van der Waals surface area contributed by atoms with Crippen molar-refractivity contribution in [2.24, 2.45) is 0 Å². The number of aromatic nitrogens is 3. The first-order valence-electron chi connectivity index (χ1n) is 5.71. The van der Waals surface area contributed by atoms with Crippen molar-refractivity contribution >= 4 is 27.9 Å². The Morgan fingerprint density at radius 1 is 1.28 bits per heavy atom. The molecule has 0 saturated heterocycles. The molecule has 5 heteroatoms. The molecule has 3 rings (SSSR count). The molecular formula is C13H12N4S. The van der Waals surface area contributed by atoms with E-state index in [1.807, 2.05) is 35.8 Å². The SMILES string of the molecule is CC(Nc1cnnc2ccccc12)c1nccs1. The van der Waals surface area contributed by atoms with E-state index < -0.39 is 0 Å². The van der Waals surface area contributed by atoms with Crippen LogP contribution in [0.1, 0.15) is 18.0 Å². The molecular weight excluding hydrogens is 244 g/mol. The molecule has 4 nitrogen and oxygen atoms in total. The molecule has 90 valence electrons. The van der Waals surface area contributed by atoms with Crippen molar-refractivity contribution in [1.29, 1.82) is 0 Å². The summed E-state index contributed by atoms with van der Waals surface area (Å²) in [6.45, 7) is 2.09. The largest absolute Gasteiger partial charge is 0.374 e. The minimum Gasteiger partial charge on any atom is -0.374 e. The van der Waals surface area contributed by atoms with Crippen molar-refractivity contribution in [1.82, 2.24) is 15.2 Å². The second kappa shape index (κ2) is 4.70. The van der Waals surface area contributed by atoms with Crippen LogP contribution in [-0.2, 0) is 0 Å². The molecule has 0 radical (unpaired) electrons. The summed E-state index contributed by atoms with van der Waals surface area (Å²) < 4.78 is 0. The number of hydrogen-bond acceptors (Lipinski definition) is 5. The molecule has 1 aromatic carbocycles. The van der Waals surface area contributed by atoms with Gasteiger partial charge in [-0.25, -0.2) is 4.98 Å². The number of rotatable bonds is 3. The molecule has 0 aliphatic rings. The van der Waals surface area contributed by atoms with Crippen LogP contribution in [-0.4, -0.2) is 15.2 Å². The van der Waals surface area contributed by atoms with E-state index in [0.717, 1.165) is 21.6 Å². The Labute approximate surface area is 109 Å². The van der Waals surface area contributed by atoms with E-state index in [9.17, 15) is 0 Å². The van der Waals surface area contributed by atoms with Crippen LogP contribution >= 0.6 is 11.3 Å². The third-order valence-corrected chi connectivity index (χ3v) is 3.70. The Balaban J connectivity index is 1.95. The minimum atomic E-state index is 0.164. The van der Waals surface area contributed by atoms with Crippen LogP contribution < -0.4 is 5.32 Å². The zero-order valence-electron chi connectivity index (χ0n) is 9.87. The zero-order chi connectivity index (χ0) is 12.4. The van der Waals surface area contributed by atoms with E-state index in [4.69, 9.17) is 0 Å². The summed E-state index contributed by atoms with van der Waals surface area (Å²) in [7, 11) is 0. The first-order valence-corrected chi connectivity index (χ1v) is 6.59. The molecule has 0 aliphatic heterocycles. The van der Waals surface area contributed by atoms with E-state index in [1.54, 1.807) is 17.5 Å². The van der Waals surface area contributed by atoms with Gasteiger partial charge in [0.15, 0.2) is 0 Å². The van der Waals surface area contributed by atoms with Crippen molar-refractivity contribution < 1.29 is 0 Å². The van der Waals surface area contributed by atoms with Crippen LogP contribution in [0.25, 0.3) is 10.9 Å². The molecule has 0 amide bonds. The first-order chi connectivity index (χ1) is 8.84. The second-order valence-electron chi connectivity index (χ2n) is 4.01. The maximum absolute atomic E-state index is 4.31. The number of benzene rings is 1. The summed E-state index contributed by atoms with van der Waals surface area (Å²) in [5, 5.41) is 15.7. The van der Waals surface area contributed by atoms with E-state index in [-0.39, 0.29) is 6.04 Å². The van der Waals surface area contributed by atoms with Gasteiger partial charge in [0, 0.05) is 17.0 Å². The lowest BCUT2D eigenvalue weighted by Gasteiger charge is -2.13. The summed E-state index contributed by atoms with van der Waals surface area (Å²) in [4.78, 5) is 4.31. The highest BCUT2D eigenvalue weighted by Gasteiger charge is 2.10. The first kappa shape index (κ1) is 11.1. The maximum atomic E-state index is 4.31. The van der Waals surface area contributed by atoms with E-state index in [0.29, 0.717) is 0 Å². The lowest BCUT2D eigenvalue weighted by Crippen LogP contribution is -2.07. The average Bonchev–Trinajstić information content (AvgIpc) is 2.93. The van der Waals surface area contributed by atoms with Crippen molar-refractivity contribution in [3.63, 3.8) is 0 Å². The van der Waals surface area contributed by atoms with Gasteiger partial charge >= 0.3 is 0 Å². The van der Waals surface area contributed by atoms with Crippen molar-refractivity contribution in [2.75, 3.05) is 5.32 Å². The summed E-state index contributed by atoms with van der Waals surface area (Å²) in [6, 6.07) is 8.13. The van der Waals surface area contributed by atoms with Gasteiger partial charge < -0.3 is 5.32 Å². The van der Waals surface area contributed by atoms with E-state index in [1.165, 1.54) is 0 Å². The van der Waals surface area contributed by atoms with Gasteiger partial charge in [0.2, 0.25) is 0 Å². The van der Waals surface area contributed by atoms with Crippen LogP contribution in [0, 0.1) is 0 Å². The summed E-state index contributed by atoms with van der Waals surface area (Å²) in [5.41, 5.74) is 1.89. The Morgan fingerprint density at radius 3 is 3.00 bits per heavy atom. The molecule has 2 heterocycles. The topological polar surface area (TPSA) is 50.7 Å². The number of hydrogen-bond donors (Lipinski definition) is 1.